The fourth-order valence-electron chi connectivity index (χ4n) is 3.74. The number of nitrogens with zero attached hydrogens (tertiary/aromatic N) is 1. The van der Waals surface area contributed by atoms with Gasteiger partial charge in [-0.15, -0.1) is 11.8 Å². The average Bonchev–Trinajstić information content (AvgIpc) is 2.85. The lowest BCUT2D eigenvalue weighted by molar-refractivity contribution is -0.151. The second kappa shape index (κ2) is 11.7. The van der Waals surface area contributed by atoms with E-state index in [1.807, 2.05) is 66.4 Å². The number of para-hydroxylation sites is 2. The molecule has 0 N–H and O–H groups in total. The maximum Gasteiger partial charge on any atom is 0.347 e. The number of benzene rings is 3. The summed E-state index contributed by atoms with van der Waals surface area (Å²) in [5, 5.41) is 0. The lowest BCUT2D eigenvalue weighted by Gasteiger charge is -2.30. The third-order valence-electron chi connectivity index (χ3n) is 5.37. The molecule has 5 nitrogen and oxygen atoms in total. The van der Waals surface area contributed by atoms with Gasteiger partial charge in [-0.1, -0.05) is 42.5 Å². The van der Waals surface area contributed by atoms with Crippen LogP contribution < -0.4 is 14.4 Å². The lowest BCUT2D eigenvalue weighted by Crippen LogP contribution is -2.33. The maximum absolute atomic E-state index is 12.4. The van der Waals surface area contributed by atoms with Crippen LogP contribution >= 0.6 is 11.8 Å². The third kappa shape index (κ3) is 6.45. The van der Waals surface area contributed by atoms with Crippen molar-refractivity contribution >= 4 is 23.4 Å². The highest BCUT2D eigenvalue weighted by atomic mass is 32.2. The molecule has 0 aliphatic carbocycles. The molecule has 1 aliphatic rings. The molecule has 0 saturated carbocycles. The van der Waals surface area contributed by atoms with Crippen LogP contribution in [0.2, 0.25) is 0 Å². The van der Waals surface area contributed by atoms with Crippen molar-refractivity contribution in [1.82, 2.24) is 0 Å². The number of hydrogen-bond donors (Lipinski definition) is 0. The van der Waals surface area contributed by atoms with Crippen LogP contribution in [0.25, 0.3) is 0 Å². The van der Waals surface area contributed by atoms with Crippen LogP contribution in [0.1, 0.15) is 12.5 Å². The van der Waals surface area contributed by atoms with Crippen molar-refractivity contribution in [3.63, 3.8) is 0 Å². The van der Waals surface area contributed by atoms with Gasteiger partial charge in [-0.05, 0) is 48.9 Å². The molecular formula is C27H29NO4S. The molecule has 0 fully saturated rings. The Morgan fingerprint density at radius 3 is 2.52 bits per heavy atom. The minimum atomic E-state index is -0.698. The molecule has 1 heterocycles. The predicted octanol–water partition coefficient (Wildman–Crippen LogP) is 5.23. The summed E-state index contributed by atoms with van der Waals surface area (Å²) < 4.78 is 17.1. The summed E-state index contributed by atoms with van der Waals surface area (Å²) in [5.74, 6) is 2.20. The minimum Gasteiger partial charge on any atom is -0.492 e. The van der Waals surface area contributed by atoms with E-state index in [0.717, 1.165) is 30.2 Å². The Morgan fingerprint density at radius 1 is 0.970 bits per heavy atom. The SMILES string of the molecule is CCOC(=O)C(Cc1ccc(OCCN2CCSc3ccccc32)cc1)Oc1ccccc1. The van der Waals surface area contributed by atoms with Gasteiger partial charge in [-0.3, -0.25) is 0 Å². The summed E-state index contributed by atoms with van der Waals surface area (Å²) in [6, 6.07) is 25.7. The number of fused-ring (bicyclic) bond motifs is 1. The zero-order valence-electron chi connectivity index (χ0n) is 18.8. The van der Waals surface area contributed by atoms with E-state index in [-0.39, 0.29) is 5.97 Å². The normalized spacial score (nSPS) is 13.7. The Kier molecular flexibility index (Phi) is 8.14. The smallest absolute Gasteiger partial charge is 0.347 e. The highest BCUT2D eigenvalue weighted by Crippen LogP contribution is 2.34. The van der Waals surface area contributed by atoms with E-state index in [1.165, 1.54) is 10.6 Å². The van der Waals surface area contributed by atoms with E-state index in [9.17, 15) is 4.79 Å². The number of carbonyl (C=O) groups excluding carboxylic acids is 1. The van der Waals surface area contributed by atoms with E-state index < -0.39 is 6.10 Å². The first-order valence-corrected chi connectivity index (χ1v) is 12.3. The largest absolute Gasteiger partial charge is 0.492 e. The first kappa shape index (κ1) is 23.1. The summed E-state index contributed by atoms with van der Waals surface area (Å²) in [7, 11) is 0. The summed E-state index contributed by atoms with van der Waals surface area (Å²) in [6.45, 7) is 4.60. The number of carbonyl (C=O) groups is 1. The van der Waals surface area contributed by atoms with E-state index in [1.54, 1.807) is 6.92 Å². The van der Waals surface area contributed by atoms with Crippen LogP contribution in [0, 0.1) is 0 Å². The zero-order chi connectivity index (χ0) is 22.9. The maximum atomic E-state index is 12.4. The second-order valence-electron chi connectivity index (χ2n) is 7.67. The molecule has 172 valence electrons. The van der Waals surface area contributed by atoms with Gasteiger partial charge in [0.1, 0.15) is 18.1 Å². The highest BCUT2D eigenvalue weighted by Gasteiger charge is 2.22. The summed E-state index contributed by atoms with van der Waals surface area (Å²) in [6.07, 6.45) is -0.271. The number of rotatable bonds is 10. The Bertz CT molecular complexity index is 1030. The summed E-state index contributed by atoms with van der Waals surface area (Å²) in [4.78, 5) is 16.1. The predicted molar refractivity (Wildman–Crippen MR) is 133 cm³/mol. The van der Waals surface area contributed by atoms with Crippen molar-refractivity contribution in [1.29, 1.82) is 0 Å². The summed E-state index contributed by atoms with van der Waals surface area (Å²) in [5.41, 5.74) is 2.27. The molecule has 1 aliphatic heterocycles. The standard InChI is InChI=1S/C27H29NO4S/c1-2-30-27(29)25(32-23-8-4-3-5-9-23)20-21-12-14-22(15-13-21)31-18-16-28-17-19-33-26-11-7-6-10-24(26)28/h3-15,25H,2,16-20H2,1H3. The van der Waals surface area contributed by atoms with Gasteiger partial charge in [0.2, 0.25) is 0 Å². The molecule has 33 heavy (non-hydrogen) atoms. The van der Waals surface area contributed by atoms with Gasteiger partial charge in [-0.2, -0.15) is 0 Å². The van der Waals surface area contributed by atoms with Gasteiger partial charge in [0.25, 0.3) is 0 Å². The van der Waals surface area contributed by atoms with Gasteiger partial charge in [-0.25, -0.2) is 4.79 Å². The van der Waals surface area contributed by atoms with Gasteiger partial charge in [0, 0.05) is 23.6 Å². The molecule has 3 aromatic rings. The first-order chi connectivity index (χ1) is 16.2. The minimum absolute atomic E-state index is 0.320. The monoisotopic (exact) mass is 463 g/mol. The van der Waals surface area contributed by atoms with Crippen LogP contribution in [0.4, 0.5) is 5.69 Å². The Balaban J connectivity index is 1.32. The Labute approximate surface area is 199 Å². The molecule has 6 heteroatoms. The van der Waals surface area contributed by atoms with E-state index in [2.05, 4.69) is 29.2 Å². The molecule has 0 bridgehead atoms. The van der Waals surface area contributed by atoms with Crippen LogP contribution in [0.5, 0.6) is 11.5 Å². The number of ether oxygens (including phenoxy) is 3. The zero-order valence-corrected chi connectivity index (χ0v) is 19.6. The lowest BCUT2D eigenvalue weighted by atomic mass is 10.1. The molecule has 1 atom stereocenters. The third-order valence-corrected chi connectivity index (χ3v) is 6.41. The van der Waals surface area contributed by atoms with Gasteiger partial charge < -0.3 is 19.1 Å². The van der Waals surface area contributed by atoms with Crippen molar-refractivity contribution in [2.75, 3.05) is 37.0 Å². The van der Waals surface area contributed by atoms with Crippen LogP contribution in [-0.2, 0) is 16.0 Å². The van der Waals surface area contributed by atoms with Crippen molar-refractivity contribution in [2.45, 2.75) is 24.3 Å². The molecule has 4 rings (SSSR count). The fraction of sp³-hybridized carbons (Fsp3) is 0.296. The van der Waals surface area contributed by atoms with Crippen LogP contribution in [0.3, 0.4) is 0 Å². The van der Waals surface area contributed by atoms with Gasteiger partial charge >= 0.3 is 5.97 Å². The number of anilines is 1. The fourth-order valence-corrected chi connectivity index (χ4v) is 4.79. The van der Waals surface area contributed by atoms with Crippen molar-refractivity contribution in [2.24, 2.45) is 0 Å². The molecular weight excluding hydrogens is 434 g/mol. The first-order valence-electron chi connectivity index (χ1n) is 11.3. The molecule has 0 spiro atoms. The van der Waals surface area contributed by atoms with Crippen molar-refractivity contribution < 1.29 is 19.0 Å². The molecule has 0 amide bonds. The Morgan fingerprint density at radius 2 is 1.73 bits per heavy atom. The van der Waals surface area contributed by atoms with Gasteiger partial charge in [0.15, 0.2) is 6.10 Å². The Hall–Kier alpha value is -3.12. The highest BCUT2D eigenvalue weighted by molar-refractivity contribution is 7.99. The molecule has 1 unspecified atom stereocenters. The van der Waals surface area contributed by atoms with E-state index in [0.29, 0.717) is 25.4 Å². The average molecular weight is 464 g/mol. The number of hydrogen-bond acceptors (Lipinski definition) is 6. The van der Waals surface area contributed by atoms with E-state index in [4.69, 9.17) is 14.2 Å². The number of thioether (sulfide) groups is 1. The summed E-state index contributed by atoms with van der Waals surface area (Å²) >= 11 is 1.91. The van der Waals surface area contributed by atoms with E-state index >= 15 is 0 Å². The molecule has 0 radical (unpaired) electrons. The van der Waals surface area contributed by atoms with Crippen molar-refractivity contribution in [3.05, 3.63) is 84.4 Å². The topological polar surface area (TPSA) is 48.0 Å². The quantitative estimate of drug-likeness (QED) is 0.384. The molecule has 3 aromatic carbocycles. The van der Waals surface area contributed by atoms with Crippen LogP contribution in [0.15, 0.2) is 83.8 Å². The van der Waals surface area contributed by atoms with Gasteiger partial charge in [0.05, 0.1) is 18.8 Å². The van der Waals surface area contributed by atoms with Crippen molar-refractivity contribution in [3.8, 4) is 11.5 Å². The second-order valence-corrected chi connectivity index (χ2v) is 8.81. The van der Waals surface area contributed by atoms with Crippen LogP contribution in [-0.4, -0.2) is 44.1 Å². The number of esters is 1. The molecule has 0 saturated heterocycles. The molecule has 0 aromatic heterocycles.